The fourth-order valence-electron chi connectivity index (χ4n) is 1.84. The molecule has 6 nitrogen and oxygen atoms in total. The summed E-state index contributed by atoms with van der Waals surface area (Å²) in [4.78, 5) is 11.3. The second-order valence-electron chi connectivity index (χ2n) is 4.56. The standard InChI is InChI=1S/C15H13N3O3/c1-8-5-4-6-11(15(19)20)13(8)21-14-12(7-16)9(2)10(3)17-18-14/h4-6H,1-3H3,(H,19,20). The SMILES string of the molecule is Cc1cccc(C(=O)O)c1Oc1nnc(C)c(C)c1C#N. The summed E-state index contributed by atoms with van der Waals surface area (Å²) in [6.07, 6.45) is 0. The van der Waals surface area contributed by atoms with Crippen LogP contribution in [0.5, 0.6) is 11.6 Å². The van der Waals surface area contributed by atoms with E-state index >= 15 is 0 Å². The van der Waals surface area contributed by atoms with Crippen LogP contribution < -0.4 is 4.74 Å². The van der Waals surface area contributed by atoms with Gasteiger partial charge in [0.25, 0.3) is 5.88 Å². The van der Waals surface area contributed by atoms with Crippen molar-refractivity contribution in [3.8, 4) is 17.7 Å². The molecule has 1 aromatic carbocycles. The van der Waals surface area contributed by atoms with Crippen molar-refractivity contribution in [2.24, 2.45) is 0 Å². The molecule has 2 rings (SSSR count). The molecule has 0 atom stereocenters. The van der Waals surface area contributed by atoms with Gasteiger partial charge in [0.2, 0.25) is 0 Å². The summed E-state index contributed by atoms with van der Waals surface area (Å²) >= 11 is 0. The van der Waals surface area contributed by atoms with Crippen molar-refractivity contribution in [1.29, 1.82) is 5.26 Å². The van der Waals surface area contributed by atoms with Crippen LogP contribution in [-0.2, 0) is 0 Å². The molecule has 0 bridgehead atoms. The molecule has 0 radical (unpaired) electrons. The highest BCUT2D eigenvalue weighted by Crippen LogP contribution is 2.30. The number of carbonyl (C=O) groups is 1. The van der Waals surface area contributed by atoms with Crippen LogP contribution in [0.2, 0.25) is 0 Å². The molecule has 0 spiro atoms. The highest BCUT2D eigenvalue weighted by Gasteiger charge is 2.18. The maximum Gasteiger partial charge on any atom is 0.339 e. The highest BCUT2D eigenvalue weighted by molar-refractivity contribution is 5.91. The number of carboxylic acids is 1. The van der Waals surface area contributed by atoms with Crippen molar-refractivity contribution in [2.75, 3.05) is 0 Å². The van der Waals surface area contributed by atoms with Crippen LogP contribution >= 0.6 is 0 Å². The Morgan fingerprint density at radius 3 is 2.62 bits per heavy atom. The summed E-state index contributed by atoms with van der Waals surface area (Å²) in [6.45, 7) is 5.21. The van der Waals surface area contributed by atoms with Crippen LogP contribution in [0.3, 0.4) is 0 Å². The van der Waals surface area contributed by atoms with E-state index in [9.17, 15) is 15.2 Å². The van der Waals surface area contributed by atoms with E-state index in [1.54, 1.807) is 32.9 Å². The predicted octanol–water partition coefficient (Wildman–Crippen LogP) is 2.76. The fraction of sp³-hybridized carbons (Fsp3) is 0.200. The number of nitriles is 1. The van der Waals surface area contributed by atoms with Crippen LogP contribution in [0.25, 0.3) is 0 Å². The quantitative estimate of drug-likeness (QED) is 0.930. The summed E-state index contributed by atoms with van der Waals surface area (Å²) in [5.41, 5.74) is 2.19. The minimum atomic E-state index is -1.11. The first-order chi connectivity index (χ1) is 9.95. The maximum atomic E-state index is 11.3. The van der Waals surface area contributed by atoms with Crippen LogP contribution in [0.15, 0.2) is 18.2 Å². The molecule has 6 heteroatoms. The summed E-state index contributed by atoms with van der Waals surface area (Å²) in [5.74, 6) is -0.930. The number of aryl methyl sites for hydroxylation is 2. The highest BCUT2D eigenvalue weighted by atomic mass is 16.5. The van der Waals surface area contributed by atoms with Gasteiger partial charge in [-0.05, 0) is 38.0 Å². The minimum absolute atomic E-state index is 0.0115. The third-order valence-corrected chi connectivity index (χ3v) is 3.18. The van der Waals surface area contributed by atoms with Crippen LogP contribution in [0.1, 0.15) is 32.7 Å². The molecule has 2 aromatic rings. The zero-order chi connectivity index (χ0) is 15.6. The predicted molar refractivity (Wildman–Crippen MR) is 74.4 cm³/mol. The molecule has 0 saturated carbocycles. The zero-order valence-electron chi connectivity index (χ0n) is 11.8. The second kappa shape index (κ2) is 5.59. The maximum absolute atomic E-state index is 11.3. The molecule has 0 aliphatic rings. The lowest BCUT2D eigenvalue weighted by atomic mass is 10.1. The first kappa shape index (κ1) is 14.5. The number of aromatic carboxylic acids is 1. The van der Waals surface area contributed by atoms with Gasteiger partial charge in [-0.3, -0.25) is 0 Å². The van der Waals surface area contributed by atoms with Crippen molar-refractivity contribution < 1.29 is 14.6 Å². The van der Waals surface area contributed by atoms with Crippen molar-refractivity contribution in [3.05, 3.63) is 46.1 Å². The van der Waals surface area contributed by atoms with Gasteiger partial charge < -0.3 is 9.84 Å². The van der Waals surface area contributed by atoms with Gasteiger partial charge in [-0.15, -0.1) is 5.10 Å². The van der Waals surface area contributed by atoms with E-state index in [4.69, 9.17) is 4.74 Å². The number of carboxylic acid groups (broad SMARTS) is 1. The lowest BCUT2D eigenvalue weighted by molar-refractivity contribution is 0.0694. The molecule has 0 unspecified atom stereocenters. The van der Waals surface area contributed by atoms with Crippen LogP contribution in [0.4, 0.5) is 0 Å². The van der Waals surface area contributed by atoms with Gasteiger partial charge in [0.15, 0.2) is 0 Å². The first-order valence-corrected chi connectivity index (χ1v) is 6.20. The number of aromatic nitrogens is 2. The third-order valence-electron chi connectivity index (χ3n) is 3.18. The van der Waals surface area contributed by atoms with E-state index < -0.39 is 5.97 Å². The topological polar surface area (TPSA) is 96.1 Å². The number of hydrogen-bond donors (Lipinski definition) is 1. The molecule has 0 saturated heterocycles. The van der Waals surface area contributed by atoms with Crippen molar-refractivity contribution in [2.45, 2.75) is 20.8 Å². The van der Waals surface area contributed by atoms with Gasteiger partial charge in [-0.2, -0.15) is 10.4 Å². The van der Waals surface area contributed by atoms with Crippen LogP contribution in [-0.4, -0.2) is 21.3 Å². The number of rotatable bonds is 3. The molecule has 21 heavy (non-hydrogen) atoms. The molecule has 0 amide bonds. The van der Waals surface area contributed by atoms with Crippen molar-refractivity contribution >= 4 is 5.97 Å². The smallest absolute Gasteiger partial charge is 0.339 e. The van der Waals surface area contributed by atoms with E-state index in [-0.39, 0.29) is 22.8 Å². The summed E-state index contributed by atoms with van der Waals surface area (Å²) in [5, 5.41) is 26.2. The first-order valence-electron chi connectivity index (χ1n) is 6.20. The molecule has 106 valence electrons. The molecular weight excluding hydrogens is 270 g/mol. The summed E-state index contributed by atoms with van der Waals surface area (Å²) in [6, 6.07) is 6.81. The molecule has 0 aliphatic heterocycles. The Morgan fingerprint density at radius 1 is 1.29 bits per heavy atom. The minimum Gasteiger partial charge on any atom is -0.478 e. The van der Waals surface area contributed by atoms with E-state index in [0.717, 1.165) is 0 Å². The number of ether oxygens (including phenoxy) is 1. The Bertz CT molecular complexity index is 763. The van der Waals surface area contributed by atoms with Gasteiger partial charge in [0.05, 0.1) is 5.69 Å². The molecule has 1 heterocycles. The summed E-state index contributed by atoms with van der Waals surface area (Å²) in [7, 11) is 0. The Morgan fingerprint density at radius 2 is 2.00 bits per heavy atom. The Labute approximate surface area is 121 Å². The lowest BCUT2D eigenvalue weighted by Crippen LogP contribution is -2.05. The van der Waals surface area contributed by atoms with Crippen molar-refractivity contribution in [3.63, 3.8) is 0 Å². The molecule has 1 N–H and O–H groups in total. The van der Waals surface area contributed by atoms with Gasteiger partial charge in [-0.1, -0.05) is 12.1 Å². The number of nitrogens with zero attached hydrogens (tertiary/aromatic N) is 3. The number of para-hydroxylation sites is 1. The summed E-state index contributed by atoms with van der Waals surface area (Å²) < 4.78 is 5.58. The Balaban J connectivity index is 2.57. The van der Waals surface area contributed by atoms with E-state index in [2.05, 4.69) is 10.2 Å². The number of benzene rings is 1. The average Bonchev–Trinajstić information content (AvgIpc) is 2.45. The normalized spacial score (nSPS) is 10.0. The molecule has 0 fully saturated rings. The van der Waals surface area contributed by atoms with Crippen molar-refractivity contribution in [1.82, 2.24) is 10.2 Å². The average molecular weight is 283 g/mol. The third kappa shape index (κ3) is 2.67. The second-order valence-corrected chi connectivity index (χ2v) is 4.56. The van der Waals surface area contributed by atoms with E-state index in [1.165, 1.54) is 6.07 Å². The fourth-order valence-corrected chi connectivity index (χ4v) is 1.84. The van der Waals surface area contributed by atoms with Crippen LogP contribution in [0, 0.1) is 32.1 Å². The monoisotopic (exact) mass is 283 g/mol. The zero-order valence-corrected chi connectivity index (χ0v) is 11.8. The molecular formula is C15H13N3O3. The van der Waals surface area contributed by atoms with Gasteiger partial charge in [0, 0.05) is 0 Å². The number of hydrogen-bond acceptors (Lipinski definition) is 5. The largest absolute Gasteiger partial charge is 0.478 e. The molecule has 0 aliphatic carbocycles. The van der Waals surface area contributed by atoms with Gasteiger partial charge in [0.1, 0.15) is 22.9 Å². The van der Waals surface area contributed by atoms with Gasteiger partial charge >= 0.3 is 5.97 Å². The van der Waals surface area contributed by atoms with E-state index in [0.29, 0.717) is 16.8 Å². The van der Waals surface area contributed by atoms with Gasteiger partial charge in [-0.25, -0.2) is 4.79 Å². The van der Waals surface area contributed by atoms with E-state index in [1.807, 2.05) is 6.07 Å². The molecule has 1 aromatic heterocycles. The Hall–Kier alpha value is -2.94. The lowest BCUT2D eigenvalue weighted by Gasteiger charge is -2.12. The Kier molecular flexibility index (Phi) is 3.85.